The van der Waals surface area contributed by atoms with E-state index in [-0.39, 0.29) is 16.8 Å². The average molecular weight is 361 g/mol. The number of rotatable bonds is 2. The fourth-order valence-electron chi connectivity index (χ4n) is 2.25. The monoisotopic (exact) mass is 360 g/mol. The van der Waals surface area contributed by atoms with Crippen LogP contribution in [0, 0.1) is 0 Å². The quantitative estimate of drug-likeness (QED) is 0.660. The van der Waals surface area contributed by atoms with E-state index in [0.717, 1.165) is 4.90 Å². The molecule has 3 rings (SSSR count). The first kappa shape index (κ1) is 13.9. The molecule has 0 fully saturated rings. The number of fused-ring (bicyclic) bond motifs is 1. The Bertz CT molecular complexity index is 769. The Morgan fingerprint density at radius 1 is 1.05 bits per heavy atom. The van der Waals surface area contributed by atoms with E-state index >= 15 is 0 Å². The van der Waals surface area contributed by atoms with E-state index in [4.69, 9.17) is 18.0 Å². The maximum Gasteiger partial charge on any atom is 0.266 e. The van der Waals surface area contributed by atoms with Crippen molar-refractivity contribution in [3.63, 3.8) is 0 Å². The van der Waals surface area contributed by atoms with E-state index in [1.807, 2.05) is 0 Å². The van der Waals surface area contributed by atoms with Gasteiger partial charge >= 0.3 is 0 Å². The van der Waals surface area contributed by atoms with Gasteiger partial charge < -0.3 is 5.73 Å². The van der Waals surface area contributed by atoms with Crippen LogP contribution >= 0.6 is 28.1 Å². The molecule has 21 heavy (non-hydrogen) atoms. The molecule has 2 amide bonds. The van der Waals surface area contributed by atoms with Crippen molar-refractivity contribution in [1.82, 2.24) is 0 Å². The van der Waals surface area contributed by atoms with Crippen LogP contribution in [0.25, 0.3) is 0 Å². The van der Waals surface area contributed by atoms with Crippen LogP contribution in [0.4, 0.5) is 5.69 Å². The molecule has 6 heteroatoms. The minimum atomic E-state index is -0.334. The number of hydrogen-bond acceptors (Lipinski definition) is 3. The molecule has 0 unspecified atom stereocenters. The highest BCUT2D eigenvalue weighted by molar-refractivity contribution is 9.10. The zero-order valence-electron chi connectivity index (χ0n) is 10.7. The Balaban J connectivity index is 2.09. The normalized spacial score (nSPS) is 13.5. The Kier molecular flexibility index (Phi) is 3.35. The second-order valence-corrected chi connectivity index (χ2v) is 5.82. The van der Waals surface area contributed by atoms with Crippen LogP contribution in [0.3, 0.4) is 0 Å². The molecular formula is C15H9BrN2O2S. The molecule has 2 aromatic rings. The van der Waals surface area contributed by atoms with Crippen molar-refractivity contribution in [3.05, 3.63) is 63.6 Å². The number of hydrogen-bond donors (Lipinski definition) is 1. The van der Waals surface area contributed by atoms with Crippen LogP contribution in [-0.2, 0) is 0 Å². The van der Waals surface area contributed by atoms with Gasteiger partial charge in [0, 0.05) is 10.0 Å². The number of halogens is 1. The summed E-state index contributed by atoms with van der Waals surface area (Å²) in [5, 5.41) is 0. The van der Waals surface area contributed by atoms with Gasteiger partial charge in [0.2, 0.25) is 0 Å². The average Bonchev–Trinajstić information content (AvgIpc) is 2.72. The summed E-state index contributed by atoms with van der Waals surface area (Å²) in [4.78, 5) is 26.2. The lowest BCUT2D eigenvalue weighted by atomic mass is 10.1. The summed E-state index contributed by atoms with van der Waals surface area (Å²) in [5.74, 6) is -0.668. The van der Waals surface area contributed by atoms with Crippen molar-refractivity contribution in [3.8, 4) is 0 Å². The van der Waals surface area contributed by atoms with Gasteiger partial charge in [-0.05, 0) is 46.3 Å². The minimum Gasteiger partial charge on any atom is -0.389 e. The van der Waals surface area contributed by atoms with Crippen LogP contribution in [0.2, 0.25) is 0 Å². The van der Waals surface area contributed by atoms with Gasteiger partial charge in [0.25, 0.3) is 11.8 Å². The van der Waals surface area contributed by atoms with Gasteiger partial charge in [-0.1, -0.05) is 24.4 Å². The van der Waals surface area contributed by atoms with E-state index < -0.39 is 0 Å². The zero-order valence-corrected chi connectivity index (χ0v) is 13.1. The van der Waals surface area contributed by atoms with Crippen LogP contribution in [-0.4, -0.2) is 16.8 Å². The summed E-state index contributed by atoms with van der Waals surface area (Å²) in [6.45, 7) is 0. The summed E-state index contributed by atoms with van der Waals surface area (Å²) < 4.78 is 0.585. The maximum absolute atomic E-state index is 12.4. The van der Waals surface area contributed by atoms with Crippen molar-refractivity contribution in [1.29, 1.82) is 0 Å². The first-order valence-electron chi connectivity index (χ1n) is 6.08. The molecule has 0 bridgehead atoms. The second-order valence-electron chi connectivity index (χ2n) is 4.52. The summed E-state index contributed by atoms with van der Waals surface area (Å²) in [6, 6.07) is 11.8. The fraction of sp³-hybridized carbons (Fsp3) is 0. The Labute approximate surface area is 134 Å². The third-order valence-electron chi connectivity index (χ3n) is 3.27. The number of thiocarbonyl (C=S) groups is 1. The lowest BCUT2D eigenvalue weighted by Crippen LogP contribution is -2.29. The first-order valence-corrected chi connectivity index (χ1v) is 7.28. The Morgan fingerprint density at radius 2 is 1.62 bits per heavy atom. The molecule has 1 aliphatic rings. The van der Waals surface area contributed by atoms with E-state index in [0.29, 0.717) is 26.9 Å². The predicted octanol–water partition coefficient (Wildman–Crippen LogP) is 2.88. The molecule has 0 saturated heterocycles. The number of carbonyl (C=O) groups excluding carboxylic acids is 2. The number of imide groups is 1. The highest BCUT2D eigenvalue weighted by Gasteiger charge is 2.37. The van der Waals surface area contributed by atoms with Crippen LogP contribution in [0.1, 0.15) is 26.3 Å². The smallest absolute Gasteiger partial charge is 0.266 e. The molecule has 0 saturated carbocycles. The van der Waals surface area contributed by atoms with Gasteiger partial charge in [0.1, 0.15) is 4.99 Å². The summed E-state index contributed by atoms with van der Waals surface area (Å²) >= 11 is 8.28. The van der Waals surface area contributed by atoms with Gasteiger partial charge in [-0.3, -0.25) is 9.59 Å². The largest absolute Gasteiger partial charge is 0.389 e. The molecule has 2 aromatic carbocycles. The van der Waals surface area contributed by atoms with Crippen LogP contribution in [0.5, 0.6) is 0 Å². The third kappa shape index (κ3) is 2.16. The van der Waals surface area contributed by atoms with Gasteiger partial charge in [0.15, 0.2) is 0 Å². The van der Waals surface area contributed by atoms with Gasteiger partial charge in [-0.15, -0.1) is 0 Å². The molecule has 0 radical (unpaired) electrons. The summed E-state index contributed by atoms with van der Waals surface area (Å²) in [5.41, 5.74) is 7.53. The lowest BCUT2D eigenvalue weighted by Gasteiger charge is -2.16. The van der Waals surface area contributed by atoms with Gasteiger partial charge in [0.05, 0.1) is 16.8 Å². The second kappa shape index (κ2) is 5.05. The number of nitrogens with two attached hydrogens (primary N) is 1. The highest BCUT2D eigenvalue weighted by Crippen LogP contribution is 2.33. The maximum atomic E-state index is 12.4. The van der Waals surface area contributed by atoms with E-state index in [1.165, 1.54) is 0 Å². The molecule has 4 nitrogen and oxygen atoms in total. The SMILES string of the molecule is NC(=S)c1ccc(N2C(=O)c3ccccc3C2=O)c(Br)c1. The van der Waals surface area contributed by atoms with Crippen LogP contribution < -0.4 is 10.6 Å². The molecule has 1 aliphatic heterocycles. The topological polar surface area (TPSA) is 63.4 Å². The fourth-order valence-corrected chi connectivity index (χ4v) is 2.93. The molecule has 0 spiro atoms. The third-order valence-corrected chi connectivity index (χ3v) is 4.14. The molecule has 2 N–H and O–H groups in total. The van der Waals surface area contributed by atoms with E-state index in [2.05, 4.69) is 15.9 Å². The zero-order chi connectivity index (χ0) is 15.1. The van der Waals surface area contributed by atoms with Crippen molar-refractivity contribution in [2.45, 2.75) is 0 Å². The lowest BCUT2D eigenvalue weighted by molar-refractivity contribution is 0.0926. The minimum absolute atomic E-state index is 0.254. The molecule has 0 aliphatic carbocycles. The summed E-state index contributed by atoms with van der Waals surface area (Å²) in [7, 11) is 0. The standard InChI is InChI=1S/C15H9BrN2O2S/c16-11-7-8(13(17)21)5-6-12(11)18-14(19)9-3-1-2-4-10(9)15(18)20/h1-7H,(H2,17,21). The molecule has 0 atom stereocenters. The molecular weight excluding hydrogens is 352 g/mol. The van der Waals surface area contributed by atoms with Crippen molar-refractivity contribution < 1.29 is 9.59 Å². The number of benzene rings is 2. The first-order chi connectivity index (χ1) is 10.0. The van der Waals surface area contributed by atoms with E-state index in [9.17, 15) is 9.59 Å². The number of anilines is 1. The van der Waals surface area contributed by atoms with Crippen LogP contribution in [0.15, 0.2) is 46.9 Å². The predicted molar refractivity (Wildman–Crippen MR) is 87.6 cm³/mol. The summed E-state index contributed by atoms with van der Waals surface area (Å²) in [6.07, 6.45) is 0. The number of nitrogens with zero attached hydrogens (tertiary/aromatic N) is 1. The van der Waals surface area contributed by atoms with Crippen molar-refractivity contribution in [2.75, 3.05) is 4.90 Å². The van der Waals surface area contributed by atoms with Gasteiger partial charge in [-0.2, -0.15) is 0 Å². The Morgan fingerprint density at radius 3 is 2.10 bits per heavy atom. The highest BCUT2D eigenvalue weighted by atomic mass is 79.9. The van der Waals surface area contributed by atoms with Crippen molar-refractivity contribution >= 4 is 50.6 Å². The van der Waals surface area contributed by atoms with E-state index in [1.54, 1.807) is 42.5 Å². The van der Waals surface area contributed by atoms with Crippen molar-refractivity contribution in [2.24, 2.45) is 5.73 Å². The molecule has 0 aromatic heterocycles. The Hall–Kier alpha value is -2.05. The number of carbonyl (C=O) groups is 2. The molecule has 104 valence electrons. The molecule has 1 heterocycles. The van der Waals surface area contributed by atoms with Gasteiger partial charge in [-0.25, -0.2) is 4.90 Å². The number of amides is 2.